The van der Waals surface area contributed by atoms with Gasteiger partial charge in [0.2, 0.25) is 5.91 Å². The van der Waals surface area contributed by atoms with E-state index in [-0.39, 0.29) is 5.91 Å². The summed E-state index contributed by atoms with van der Waals surface area (Å²) >= 11 is 0. The SMILES string of the molecule is Cc1cc(C)cc(N(C)C(=O)C2(C#N)CCCCCC2)c1. The number of benzene rings is 1. The number of hydrogen-bond acceptors (Lipinski definition) is 2. The van der Waals surface area contributed by atoms with E-state index in [9.17, 15) is 10.1 Å². The Morgan fingerprint density at radius 2 is 1.62 bits per heavy atom. The van der Waals surface area contributed by atoms with Gasteiger partial charge < -0.3 is 4.90 Å². The van der Waals surface area contributed by atoms with E-state index in [0.29, 0.717) is 12.8 Å². The van der Waals surface area contributed by atoms with Gasteiger partial charge in [-0.3, -0.25) is 4.79 Å². The largest absolute Gasteiger partial charge is 0.314 e. The van der Waals surface area contributed by atoms with Crippen molar-refractivity contribution < 1.29 is 4.79 Å². The highest BCUT2D eigenvalue weighted by molar-refractivity contribution is 5.99. The molecule has 2 rings (SSSR count). The zero-order chi connectivity index (χ0) is 15.5. The Bertz CT molecular complexity index is 543. The second-order valence-corrected chi connectivity index (χ2v) is 6.32. The van der Waals surface area contributed by atoms with E-state index in [1.165, 1.54) is 0 Å². The first-order chi connectivity index (χ1) is 9.98. The molecule has 1 aliphatic carbocycles. The van der Waals surface area contributed by atoms with Gasteiger partial charge in [0.05, 0.1) is 6.07 Å². The molecule has 112 valence electrons. The summed E-state index contributed by atoms with van der Waals surface area (Å²) in [5, 5.41) is 9.64. The number of carbonyl (C=O) groups excluding carboxylic acids is 1. The highest BCUT2D eigenvalue weighted by Crippen LogP contribution is 2.37. The number of nitriles is 1. The normalized spacial score (nSPS) is 17.6. The molecule has 0 heterocycles. The van der Waals surface area contributed by atoms with Crippen LogP contribution >= 0.6 is 0 Å². The molecule has 1 aromatic rings. The fourth-order valence-corrected chi connectivity index (χ4v) is 3.29. The first-order valence-electron chi connectivity index (χ1n) is 7.76. The van der Waals surface area contributed by atoms with Crippen molar-refractivity contribution >= 4 is 11.6 Å². The molecule has 0 aromatic heterocycles. The van der Waals surface area contributed by atoms with Gasteiger partial charge in [0.1, 0.15) is 5.41 Å². The molecule has 0 bridgehead atoms. The van der Waals surface area contributed by atoms with Gasteiger partial charge in [0, 0.05) is 12.7 Å². The summed E-state index contributed by atoms with van der Waals surface area (Å²) in [5.74, 6) is -0.0445. The van der Waals surface area contributed by atoms with Crippen LogP contribution in [-0.2, 0) is 4.79 Å². The minimum absolute atomic E-state index is 0.0445. The minimum atomic E-state index is -0.830. The average molecular weight is 284 g/mol. The number of aryl methyl sites for hydroxylation is 2. The van der Waals surface area contributed by atoms with Gasteiger partial charge in [-0.15, -0.1) is 0 Å². The standard InChI is InChI=1S/C18H24N2O/c1-14-10-15(2)12-16(11-14)20(3)17(21)18(13-19)8-6-4-5-7-9-18/h10-12H,4-9H2,1-3H3. The van der Waals surface area contributed by atoms with E-state index >= 15 is 0 Å². The molecule has 0 radical (unpaired) electrons. The summed E-state index contributed by atoms with van der Waals surface area (Å²) in [6.07, 6.45) is 5.59. The number of amides is 1. The Balaban J connectivity index is 2.30. The Morgan fingerprint density at radius 1 is 1.10 bits per heavy atom. The summed E-state index contributed by atoms with van der Waals surface area (Å²) in [6, 6.07) is 8.45. The van der Waals surface area contributed by atoms with Crippen LogP contribution < -0.4 is 4.90 Å². The van der Waals surface area contributed by atoms with Crippen molar-refractivity contribution in [2.45, 2.75) is 52.4 Å². The maximum absolute atomic E-state index is 12.9. The Morgan fingerprint density at radius 3 is 2.10 bits per heavy atom. The molecule has 1 aromatic carbocycles. The molecular weight excluding hydrogens is 260 g/mol. The predicted molar refractivity (Wildman–Crippen MR) is 85.1 cm³/mol. The maximum atomic E-state index is 12.9. The zero-order valence-corrected chi connectivity index (χ0v) is 13.3. The van der Waals surface area contributed by atoms with E-state index in [2.05, 4.69) is 12.1 Å². The molecule has 1 amide bonds. The molecular formula is C18H24N2O. The molecule has 0 saturated heterocycles. The number of nitrogens with zero attached hydrogens (tertiary/aromatic N) is 2. The molecule has 0 unspecified atom stereocenters. The molecule has 21 heavy (non-hydrogen) atoms. The van der Waals surface area contributed by atoms with E-state index < -0.39 is 5.41 Å². The number of hydrogen-bond donors (Lipinski definition) is 0. The van der Waals surface area contributed by atoms with Gasteiger partial charge in [-0.05, 0) is 49.9 Å². The van der Waals surface area contributed by atoms with Crippen molar-refractivity contribution in [1.29, 1.82) is 5.26 Å². The van der Waals surface area contributed by atoms with Crippen LogP contribution in [0.5, 0.6) is 0 Å². The smallest absolute Gasteiger partial charge is 0.247 e. The second kappa shape index (κ2) is 6.30. The maximum Gasteiger partial charge on any atom is 0.247 e. The van der Waals surface area contributed by atoms with Crippen LogP contribution in [0.2, 0.25) is 0 Å². The van der Waals surface area contributed by atoms with Crippen LogP contribution in [0.4, 0.5) is 5.69 Å². The van der Waals surface area contributed by atoms with Crippen molar-refractivity contribution in [3.05, 3.63) is 29.3 Å². The summed E-state index contributed by atoms with van der Waals surface area (Å²) in [5.41, 5.74) is 2.33. The van der Waals surface area contributed by atoms with Crippen molar-refractivity contribution in [2.75, 3.05) is 11.9 Å². The van der Waals surface area contributed by atoms with Gasteiger partial charge in [0.25, 0.3) is 0 Å². The Hall–Kier alpha value is -1.82. The molecule has 3 nitrogen and oxygen atoms in total. The summed E-state index contributed by atoms with van der Waals surface area (Å²) in [6.45, 7) is 4.06. The van der Waals surface area contributed by atoms with Crippen LogP contribution in [0.1, 0.15) is 49.7 Å². The molecule has 0 aliphatic heterocycles. The summed E-state index contributed by atoms with van der Waals surface area (Å²) < 4.78 is 0. The highest BCUT2D eigenvalue weighted by Gasteiger charge is 2.41. The van der Waals surface area contributed by atoms with Crippen molar-refractivity contribution in [3.63, 3.8) is 0 Å². The number of rotatable bonds is 2. The highest BCUT2D eigenvalue weighted by atomic mass is 16.2. The van der Waals surface area contributed by atoms with Gasteiger partial charge >= 0.3 is 0 Å². The van der Waals surface area contributed by atoms with Gasteiger partial charge in [-0.1, -0.05) is 31.7 Å². The van der Waals surface area contributed by atoms with Gasteiger partial charge in [0.15, 0.2) is 0 Å². The minimum Gasteiger partial charge on any atom is -0.314 e. The van der Waals surface area contributed by atoms with Crippen molar-refractivity contribution in [3.8, 4) is 6.07 Å². The van der Waals surface area contributed by atoms with Crippen LogP contribution in [0.15, 0.2) is 18.2 Å². The lowest BCUT2D eigenvalue weighted by molar-refractivity contribution is -0.125. The fraction of sp³-hybridized carbons (Fsp3) is 0.556. The molecule has 3 heteroatoms. The Kier molecular flexibility index (Phi) is 4.67. The average Bonchev–Trinajstić information content (AvgIpc) is 2.71. The third kappa shape index (κ3) is 3.26. The third-order valence-corrected chi connectivity index (χ3v) is 4.48. The second-order valence-electron chi connectivity index (χ2n) is 6.32. The van der Waals surface area contributed by atoms with Crippen LogP contribution in [0, 0.1) is 30.6 Å². The summed E-state index contributed by atoms with van der Waals surface area (Å²) in [4.78, 5) is 14.6. The number of anilines is 1. The monoisotopic (exact) mass is 284 g/mol. The first kappa shape index (κ1) is 15.6. The molecule has 1 fully saturated rings. The lowest BCUT2D eigenvalue weighted by Gasteiger charge is -2.29. The van der Waals surface area contributed by atoms with E-state index in [1.807, 2.05) is 26.0 Å². The lowest BCUT2D eigenvalue weighted by atomic mass is 9.80. The summed E-state index contributed by atoms with van der Waals surface area (Å²) in [7, 11) is 1.79. The van der Waals surface area contributed by atoms with Crippen molar-refractivity contribution in [1.82, 2.24) is 0 Å². The van der Waals surface area contributed by atoms with Crippen LogP contribution in [0.25, 0.3) is 0 Å². The lowest BCUT2D eigenvalue weighted by Crippen LogP contribution is -2.41. The molecule has 1 aliphatic rings. The molecule has 0 spiro atoms. The predicted octanol–water partition coefficient (Wildman–Crippen LogP) is 4.13. The topological polar surface area (TPSA) is 44.1 Å². The molecule has 0 N–H and O–H groups in total. The van der Waals surface area contributed by atoms with Crippen LogP contribution in [0.3, 0.4) is 0 Å². The molecule has 0 atom stereocenters. The first-order valence-corrected chi connectivity index (χ1v) is 7.76. The van der Waals surface area contributed by atoms with E-state index in [1.54, 1.807) is 11.9 Å². The van der Waals surface area contributed by atoms with Crippen molar-refractivity contribution in [2.24, 2.45) is 5.41 Å². The van der Waals surface area contributed by atoms with Gasteiger partial charge in [-0.2, -0.15) is 5.26 Å². The van der Waals surface area contributed by atoms with E-state index in [4.69, 9.17) is 0 Å². The quantitative estimate of drug-likeness (QED) is 0.766. The number of carbonyl (C=O) groups is 1. The van der Waals surface area contributed by atoms with E-state index in [0.717, 1.165) is 42.5 Å². The zero-order valence-electron chi connectivity index (χ0n) is 13.3. The third-order valence-electron chi connectivity index (χ3n) is 4.48. The van der Waals surface area contributed by atoms with Crippen LogP contribution in [-0.4, -0.2) is 13.0 Å². The van der Waals surface area contributed by atoms with Gasteiger partial charge in [-0.25, -0.2) is 0 Å². The molecule has 1 saturated carbocycles. The fourth-order valence-electron chi connectivity index (χ4n) is 3.29. The Labute approximate surface area is 127 Å².